The fourth-order valence-corrected chi connectivity index (χ4v) is 2.54. The van der Waals surface area contributed by atoms with Gasteiger partial charge in [-0.2, -0.15) is 11.8 Å². The van der Waals surface area contributed by atoms with Crippen molar-refractivity contribution in [2.45, 2.75) is 25.1 Å². The molecule has 0 saturated heterocycles. The van der Waals surface area contributed by atoms with Crippen LogP contribution in [0.15, 0.2) is 0 Å². The summed E-state index contributed by atoms with van der Waals surface area (Å²) in [5.41, 5.74) is 0. The minimum Gasteiger partial charge on any atom is -0.395 e. The van der Waals surface area contributed by atoms with Crippen LogP contribution in [0.3, 0.4) is 0 Å². The van der Waals surface area contributed by atoms with Gasteiger partial charge in [-0.3, -0.25) is 0 Å². The molecule has 0 aliphatic heterocycles. The average Bonchev–Trinajstić information content (AvgIpc) is 2.02. The normalized spacial score (nSPS) is 16.9. The van der Waals surface area contributed by atoms with Gasteiger partial charge in [0.1, 0.15) is 0 Å². The van der Waals surface area contributed by atoms with Gasteiger partial charge in [-0.1, -0.05) is 0 Å². The van der Waals surface area contributed by atoms with E-state index in [1.807, 2.05) is 6.26 Å². The summed E-state index contributed by atoms with van der Waals surface area (Å²) in [4.78, 5) is 0. The van der Waals surface area contributed by atoms with Crippen LogP contribution in [-0.4, -0.2) is 43.4 Å². The van der Waals surface area contributed by atoms with Gasteiger partial charge in [0.25, 0.3) is 0 Å². The molecule has 2 atom stereocenters. The molecular weight excluding hydrogens is 210 g/mol. The third-order valence-electron chi connectivity index (χ3n) is 1.57. The van der Waals surface area contributed by atoms with Crippen molar-refractivity contribution in [3.63, 3.8) is 0 Å². The van der Waals surface area contributed by atoms with Crippen molar-refractivity contribution >= 4 is 21.8 Å². The van der Waals surface area contributed by atoms with Crippen molar-refractivity contribution < 1.29 is 13.5 Å². The molecule has 0 bridgehead atoms. The first-order chi connectivity index (χ1) is 5.94. The minimum atomic E-state index is -3.35. The molecule has 0 aromatic heterocycles. The maximum atomic E-state index is 11.4. The molecule has 0 saturated carbocycles. The van der Waals surface area contributed by atoms with Gasteiger partial charge < -0.3 is 5.11 Å². The quantitative estimate of drug-likeness (QED) is 0.672. The largest absolute Gasteiger partial charge is 0.395 e. The lowest BCUT2D eigenvalue weighted by molar-refractivity contribution is 0.294. The summed E-state index contributed by atoms with van der Waals surface area (Å²) in [6.07, 6.45) is 1.92. The molecule has 0 aliphatic carbocycles. The van der Waals surface area contributed by atoms with Gasteiger partial charge in [-0.05, 0) is 20.1 Å². The van der Waals surface area contributed by atoms with Crippen LogP contribution in [0.5, 0.6) is 0 Å². The topological polar surface area (TPSA) is 66.4 Å². The smallest absolute Gasteiger partial charge is 0.216 e. The van der Waals surface area contributed by atoms with Gasteiger partial charge in [-0.25, -0.2) is 13.1 Å². The van der Waals surface area contributed by atoms with E-state index in [4.69, 9.17) is 5.11 Å². The van der Waals surface area contributed by atoms with E-state index in [0.717, 1.165) is 5.75 Å². The van der Waals surface area contributed by atoms with Crippen LogP contribution in [0.4, 0.5) is 0 Å². The van der Waals surface area contributed by atoms with E-state index in [0.29, 0.717) is 0 Å². The molecule has 0 heterocycles. The fourth-order valence-electron chi connectivity index (χ4n) is 0.779. The number of thioether (sulfide) groups is 1. The molecule has 0 rings (SSSR count). The van der Waals surface area contributed by atoms with Crippen LogP contribution in [0, 0.1) is 0 Å². The van der Waals surface area contributed by atoms with Gasteiger partial charge in [0, 0.05) is 11.8 Å². The summed E-state index contributed by atoms with van der Waals surface area (Å²) in [5, 5.41) is 7.95. The predicted octanol–water partition coefficient (Wildman–Crippen LogP) is 0.0381. The van der Waals surface area contributed by atoms with Crippen molar-refractivity contribution in [1.82, 2.24) is 4.72 Å². The molecular formula is C7H17NO3S2. The van der Waals surface area contributed by atoms with E-state index >= 15 is 0 Å². The zero-order valence-electron chi connectivity index (χ0n) is 8.15. The Kier molecular flexibility index (Phi) is 5.95. The van der Waals surface area contributed by atoms with E-state index in [1.54, 1.807) is 18.7 Å². The van der Waals surface area contributed by atoms with Crippen LogP contribution in [0.25, 0.3) is 0 Å². The first kappa shape index (κ1) is 13.2. The first-order valence-electron chi connectivity index (χ1n) is 4.05. The van der Waals surface area contributed by atoms with Crippen molar-refractivity contribution in [1.29, 1.82) is 0 Å². The summed E-state index contributed by atoms with van der Waals surface area (Å²) >= 11 is 1.58. The molecule has 0 radical (unpaired) electrons. The molecule has 80 valence electrons. The summed E-state index contributed by atoms with van der Waals surface area (Å²) in [7, 11) is -3.35. The van der Waals surface area contributed by atoms with Crippen molar-refractivity contribution in [3.05, 3.63) is 0 Å². The first-order valence-corrected chi connectivity index (χ1v) is 6.99. The van der Waals surface area contributed by atoms with Crippen molar-refractivity contribution in [2.75, 3.05) is 18.6 Å². The number of aliphatic hydroxyl groups is 1. The SMILES string of the molecule is CSCC(C)NS(=O)(=O)C(C)CO. The molecule has 13 heavy (non-hydrogen) atoms. The number of hydrogen-bond acceptors (Lipinski definition) is 4. The predicted molar refractivity (Wildman–Crippen MR) is 56.4 cm³/mol. The zero-order valence-corrected chi connectivity index (χ0v) is 9.78. The summed E-state index contributed by atoms with van der Waals surface area (Å²) in [6, 6.07) is -0.0889. The highest BCUT2D eigenvalue weighted by atomic mass is 32.2. The Bertz CT molecular complexity index is 228. The highest BCUT2D eigenvalue weighted by Gasteiger charge is 2.21. The maximum Gasteiger partial charge on any atom is 0.216 e. The highest BCUT2D eigenvalue weighted by Crippen LogP contribution is 2.02. The van der Waals surface area contributed by atoms with Crippen LogP contribution in [0.1, 0.15) is 13.8 Å². The number of hydrogen-bond donors (Lipinski definition) is 2. The molecule has 6 heteroatoms. The molecule has 2 unspecified atom stereocenters. The molecule has 4 nitrogen and oxygen atoms in total. The molecule has 2 N–H and O–H groups in total. The lowest BCUT2D eigenvalue weighted by Gasteiger charge is -2.16. The van der Waals surface area contributed by atoms with E-state index in [2.05, 4.69) is 4.72 Å². The molecule has 0 fully saturated rings. The summed E-state index contributed by atoms with van der Waals surface area (Å²) < 4.78 is 25.2. The minimum absolute atomic E-state index is 0.0889. The third kappa shape index (κ3) is 4.85. The van der Waals surface area contributed by atoms with Crippen LogP contribution >= 0.6 is 11.8 Å². The van der Waals surface area contributed by atoms with E-state index in [-0.39, 0.29) is 12.6 Å². The lowest BCUT2D eigenvalue weighted by Crippen LogP contribution is -2.40. The van der Waals surface area contributed by atoms with Crippen LogP contribution in [-0.2, 0) is 10.0 Å². The van der Waals surface area contributed by atoms with Crippen molar-refractivity contribution in [2.24, 2.45) is 0 Å². The average molecular weight is 227 g/mol. The van der Waals surface area contributed by atoms with Gasteiger partial charge in [0.15, 0.2) is 0 Å². The molecule has 0 spiro atoms. The third-order valence-corrected chi connectivity index (χ3v) is 4.34. The van der Waals surface area contributed by atoms with E-state index in [1.165, 1.54) is 6.92 Å². The monoisotopic (exact) mass is 227 g/mol. The Morgan fingerprint density at radius 1 is 1.46 bits per heavy atom. The Hall–Kier alpha value is 0.220. The second-order valence-corrected chi connectivity index (χ2v) is 6.05. The van der Waals surface area contributed by atoms with Crippen LogP contribution in [0.2, 0.25) is 0 Å². The standard InChI is InChI=1S/C7H17NO3S2/c1-6(5-12-3)8-13(10,11)7(2)4-9/h6-9H,4-5H2,1-3H3. The van der Waals surface area contributed by atoms with Crippen molar-refractivity contribution in [3.8, 4) is 0 Å². The Balaban J connectivity index is 4.17. The number of rotatable bonds is 6. The van der Waals surface area contributed by atoms with Crippen LogP contribution < -0.4 is 4.72 Å². The summed E-state index contributed by atoms with van der Waals surface area (Å²) in [5.74, 6) is 0.734. The fraction of sp³-hybridized carbons (Fsp3) is 1.00. The van der Waals surface area contributed by atoms with E-state index in [9.17, 15) is 8.42 Å². The van der Waals surface area contributed by atoms with Gasteiger partial charge in [0.05, 0.1) is 11.9 Å². The molecule has 0 aliphatic rings. The molecule has 0 amide bonds. The highest BCUT2D eigenvalue weighted by molar-refractivity contribution is 7.98. The number of aliphatic hydroxyl groups excluding tert-OH is 1. The van der Waals surface area contributed by atoms with Gasteiger partial charge >= 0.3 is 0 Å². The lowest BCUT2D eigenvalue weighted by atomic mass is 10.4. The number of nitrogens with one attached hydrogen (secondary N) is 1. The summed E-state index contributed by atoms with van der Waals surface area (Å²) in [6.45, 7) is 2.94. The molecule has 0 aromatic carbocycles. The Morgan fingerprint density at radius 3 is 2.38 bits per heavy atom. The second-order valence-electron chi connectivity index (χ2n) is 3.01. The van der Waals surface area contributed by atoms with Gasteiger partial charge in [0.2, 0.25) is 10.0 Å². The Labute approximate surface area is 84.2 Å². The van der Waals surface area contributed by atoms with Gasteiger partial charge in [-0.15, -0.1) is 0 Å². The molecule has 0 aromatic rings. The van der Waals surface area contributed by atoms with E-state index < -0.39 is 15.3 Å². The number of sulfonamides is 1. The second kappa shape index (κ2) is 5.85. The maximum absolute atomic E-state index is 11.4. The zero-order chi connectivity index (χ0) is 10.5. The Morgan fingerprint density at radius 2 is 2.00 bits per heavy atom.